The SMILES string of the molecule is C=C(/C(=N\N1CC=CC=C1C)c1cccc(NC(=O)c2c(F)cccc2F)c1)c1ccnc(Nc2cccc(C(F)(F)F)c2)n1. The van der Waals surface area contributed by atoms with Gasteiger partial charge in [-0.2, -0.15) is 18.3 Å². The van der Waals surface area contributed by atoms with Gasteiger partial charge in [0.05, 0.1) is 23.5 Å². The van der Waals surface area contributed by atoms with Gasteiger partial charge in [0.2, 0.25) is 5.95 Å². The van der Waals surface area contributed by atoms with Gasteiger partial charge in [0, 0.05) is 34.4 Å². The molecule has 2 heterocycles. The lowest BCUT2D eigenvalue weighted by molar-refractivity contribution is -0.137. The molecule has 228 valence electrons. The molecule has 1 aliphatic rings. The number of anilines is 3. The minimum absolute atomic E-state index is 0.0252. The van der Waals surface area contributed by atoms with Crippen LogP contribution >= 0.6 is 0 Å². The van der Waals surface area contributed by atoms with E-state index in [4.69, 9.17) is 5.10 Å². The number of benzene rings is 3. The predicted octanol–water partition coefficient (Wildman–Crippen LogP) is 7.96. The zero-order valence-corrected chi connectivity index (χ0v) is 23.7. The van der Waals surface area contributed by atoms with Crippen molar-refractivity contribution in [3.63, 3.8) is 0 Å². The Kier molecular flexibility index (Phi) is 8.84. The molecular formula is C33H25F5N6O. The molecule has 45 heavy (non-hydrogen) atoms. The third kappa shape index (κ3) is 7.29. The number of alkyl halides is 3. The molecule has 0 atom stereocenters. The normalized spacial score (nSPS) is 13.3. The van der Waals surface area contributed by atoms with Crippen LogP contribution in [0, 0.1) is 11.6 Å². The fraction of sp³-hybridized carbons (Fsp3) is 0.0909. The number of carbonyl (C=O) groups is 1. The topological polar surface area (TPSA) is 82.5 Å². The van der Waals surface area contributed by atoms with E-state index in [0.717, 1.165) is 36.0 Å². The molecule has 0 unspecified atom stereocenters. The molecule has 0 spiro atoms. The molecule has 4 aromatic rings. The molecule has 0 aliphatic carbocycles. The lowest BCUT2D eigenvalue weighted by Gasteiger charge is -2.23. The molecule has 1 aromatic heterocycles. The first-order valence-electron chi connectivity index (χ1n) is 13.5. The molecule has 5 rings (SSSR count). The van der Waals surface area contributed by atoms with E-state index in [2.05, 4.69) is 27.2 Å². The van der Waals surface area contributed by atoms with Crippen molar-refractivity contribution in [3.8, 4) is 0 Å². The van der Waals surface area contributed by atoms with Gasteiger partial charge in [-0.15, -0.1) is 0 Å². The highest BCUT2D eigenvalue weighted by atomic mass is 19.4. The van der Waals surface area contributed by atoms with Crippen LogP contribution in [0.5, 0.6) is 0 Å². The molecule has 0 saturated heterocycles. The molecule has 0 saturated carbocycles. The minimum atomic E-state index is -4.52. The standard InChI is InChI=1S/C33H25F5N6O/c1-20-8-3-4-17-44(20)43-30(22-9-5-11-24(18-22)40-31(45)29-26(34)13-7-14-27(29)35)21(2)28-15-16-39-32(42-28)41-25-12-6-10-23(19-25)33(36,37)38/h3-16,18-19H,2,17H2,1H3,(H,40,45)(H,39,41,42)/b43-30+. The fourth-order valence-electron chi connectivity index (χ4n) is 4.39. The van der Waals surface area contributed by atoms with Gasteiger partial charge in [-0.05, 0) is 61.5 Å². The number of hydrogen-bond donors (Lipinski definition) is 2. The first-order valence-corrected chi connectivity index (χ1v) is 13.5. The van der Waals surface area contributed by atoms with Crippen molar-refractivity contribution in [1.29, 1.82) is 0 Å². The Morgan fingerprint density at radius 1 is 0.978 bits per heavy atom. The van der Waals surface area contributed by atoms with Gasteiger partial charge in [-0.25, -0.2) is 18.7 Å². The van der Waals surface area contributed by atoms with Gasteiger partial charge in [0.25, 0.3) is 5.91 Å². The summed E-state index contributed by atoms with van der Waals surface area (Å²) in [6.45, 7) is 6.52. The lowest BCUT2D eigenvalue weighted by atomic mass is 10.0. The van der Waals surface area contributed by atoms with Gasteiger partial charge in [0.15, 0.2) is 0 Å². The number of halogens is 5. The quantitative estimate of drug-likeness (QED) is 0.155. The molecular weight excluding hydrogens is 591 g/mol. The predicted molar refractivity (Wildman–Crippen MR) is 163 cm³/mol. The van der Waals surface area contributed by atoms with E-state index in [1.54, 1.807) is 35.3 Å². The van der Waals surface area contributed by atoms with Crippen molar-refractivity contribution >= 4 is 34.5 Å². The van der Waals surface area contributed by atoms with Crippen LogP contribution in [0.15, 0.2) is 115 Å². The van der Waals surface area contributed by atoms with Gasteiger partial charge in [-0.3, -0.25) is 9.80 Å². The van der Waals surface area contributed by atoms with E-state index in [9.17, 15) is 26.7 Å². The van der Waals surface area contributed by atoms with Gasteiger partial charge in [0.1, 0.15) is 17.2 Å². The Balaban J connectivity index is 1.48. The Labute approximate surface area is 255 Å². The molecule has 12 heteroatoms. The number of nitrogens with one attached hydrogen (secondary N) is 2. The largest absolute Gasteiger partial charge is 0.416 e. The van der Waals surface area contributed by atoms with Crippen LogP contribution in [-0.4, -0.2) is 33.1 Å². The maximum absolute atomic E-state index is 14.2. The Bertz CT molecular complexity index is 1840. The van der Waals surface area contributed by atoms with Crippen molar-refractivity contribution in [2.75, 3.05) is 17.2 Å². The molecule has 0 radical (unpaired) electrons. The Morgan fingerprint density at radius 3 is 2.42 bits per heavy atom. The van der Waals surface area contributed by atoms with Crippen molar-refractivity contribution in [1.82, 2.24) is 15.0 Å². The molecule has 1 amide bonds. The van der Waals surface area contributed by atoms with Gasteiger partial charge in [-0.1, -0.05) is 43.0 Å². The molecule has 3 aromatic carbocycles. The summed E-state index contributed by atoms with van der Waals surface area (Å²) in [4.78, 5) is 21.4. The highest BCUT2D eigenvalue weighted by Gasteiger charge is 2.30. The van der Waals surface area contributed by atoms with Crippen LogP contribution in [0.2, 0.25) is 0 Å². The molecule has 7 nitrogen and oxygen atoms in total. The van der Waals surface area contributed by atoms with E-state index < -0.39 is 34.8 Å². The maximum Gasteiger partial charge on any atom is 0.416 e. The fourth-order valence-corrected chi connectivity index (χ4v) is 4.39. The summed E-state index contributed by atoms with van der Waals surface area (Å²) in [5.41, 5.74) is 1.13. The minimum Gasteiger partial charge on any atom is -0.324 e. The number of rotatable bonds is 8. The first-order chi connectivity index (χ1) is 21.5. The van der Waals surface area contributed by atoms with Crippen LogP contribution in [0.4, 0.5) is 39.3 Å². The average molecular weight is 617 g/mol. The van der Waals surface area contributed by atoms with Crippen molar-refractivity contribution < 1.29 is 26.7 Å². The molecule has 1 aliphatic heterocycles. The second-order valence-corrected chi connectivity index (χ2v) is 9.85. The van der Waals surface area contributed by atoms with Crippen molar-refractivity contribution in [3.05, 3.63) is 144 Å². The van der Waals surface area contributed by atoms with Crippen molar-refractivity contribution in [2.24, 2.45) is 5.10 Å². The molecule has 2 N–H and O–H groups in total. The summed E-state index contributed by atoms with van der Waals surface area (Å²) in [7, 11) is 0. The Hall–Kier alpha value is -5.65. The third-order valence-electron chi connectivity index (χ3n) is 6.66. The maximum atomic E-state index is 14.2. The number of amides is 1. The van der Waals surface area contributed by atoms with E-state index in [1.807, 2.05) is 25.2 Å². The van der Waals surface area contributed by atoms with Crippen LogP contribution in [0.3, 0.4) is 0 Å². The average Bonchev–Trinajstić information content (AvgIpc) is 3.00. The summed E-state index contributed by atoms with van der Waals surface area (Å²) in [6, 6.07) is 15.8. The monoisotopic (exact) mass is 616 g/mol. The second-order valence-electron chi connectivity index (χ2n) is 9.85. The van der Waals surface area contributed by atoms with Gasteiger partial charge >= 0.3 is 6.18 Å². The van der Waals surface area contributed by atoms with E-state index >= 15 is 0 Å². The lowest BCUT2D eigenvalue weighted by Crippen LogP contribution is -2.21. The number of aromatic nitrogens is 2. The van der Waals surface area contributed by atoms with E-state index in [-0.39, 0.29) is 17.3 Å². The first kappa shape index (κ1) is 30.8. The highest BCUT2D eigenvalue weighted by Crippen LogP contribution is 2.31. The number of hydrogen-bond acceptors (Lipinski definition) is 6. The number of allylic oxidation sites excluding steroid dienone is 4. The number of nitrogens with zero attached hydrogens (tertiary/aromatic N) is 4. The number of carbonyl (C=O) groups excluding carboxylic acids is 1. The molecule has 0 fully saturated rings. The summed E-state index contributed by atoms with van der Waals surface area (Å²) in [5.74, 6) is -2.95. The van der Waals surface area contributed by atoms with Crippen LogP contribution in [0.1, 0.15) is 34.1 Å². The van der Waals surface area contributed by atoms with E-state index in [0.29, 0.717) is 29.1 Å². The third-order valence-corrected chi connectivity index (χ3v) is 6.66. The van der Waals surface area contributed by atoms with Crippen LogP contribution in [0.25, 0.3) is 5.57 Å². The van der Waals surface area contributed by atoms with Crippen LogP contribution in [-0.2, 0) is 6.18 Å². The highest BCUT2D eigenvalue weighted by molar-refractivity contribution is 6.31. The second kappa shape index (κ2) is 12.9. The van der Waals surface area contributed by atoms with E-state index in [1.165, 1.54) is 18.3 Å². The summed E-state index contributed by atoms with van der Waals surface area (Å²) in [6.07, 6.45) is 2.57. The van der Waals surface area contributed by atoms with Gasteiger partial charge < -0.3 is 10.6 Å². The number of hydrazone groups is 1. The summed E-state index contributed by atoms with van der Waals surface area (Å²) in [5, 5.41) is 11.9. The van der Waals surface area contributed by atoms with Crippen molar-refractivity contribution in [2.45, 2.75) is 13.1 Å². The van der Waals surface area contributed by atoms with Crippen LogP contribution < -0.4 is 10.6 Å². The zero-order valence-electron chi connectivity index (χ0n) is 23.7. The summed E-state index contributed by atoms with van der Waals surface area (Å²) < 4.78 is 68.1. The molecule has 0 bridgehead atoms. The zero-order chi connectivity index (χ0) is 32.1. The summed E-state index contributed by atoms with van der Waals surface area (Å²) >= 11 is 0. The smallest absolute Gasteiger partial charge is 0.324 e. The Morgan fingerprint density at radius 2 is 1.69 bits per heavy atom.